The van der Waals surface area contributed by atoms with Crippen molar-refractivity contribution >= 4 is 11.0 Å². The van der Waals surface area contributed by atoms with Crippen LogP contribution in [-0.4, -0.2) is 29.3 Å². The molecule has 7 heteroatoms. The van der Waals surface area contributed by atoms with Crippen LogP contribution < -0.4 is 5.69 Å². The number of imidazole rings is 1. The molecule has 3 rings (SSSR count). The molecule has 2 aromatic heterocycles. The van der Waals surface area contributed by atoms with Crippen LogP contribution in [0.3, 0.4) is 0 Å². The number of aryl methyl sites for hydroxylation is 2. The molecule has 0 aliphatic rings. The Bertz CT molecular complexity index is 781. The molecule has 98 valence electrons. The highest BCUT2D eigenvalue weighted by molar-refractivity contribution is 5.76. The van der Waals surface area contributed by atoms with Crippen LogP contribution in [0.1, 0.15) is 12.7 Å². The van der Waals surface area contributed by atoms with Gasteiger partial charge in [0, 0.05) is 6.54 Å². The van der Waals surface area contributed by atoms with Crippen molar-refractivity contribution in [3.63, 3.8) is 0 Å². The first-order chi connectivity index (χ1) is 9.20. The fourth-order valence-electron chi connectivity index (χ4n) is 2.26. The molecule has 0 amide bonds. The molecule has 0 bridgehead atoms. The van der Waals surface area contributed by atoms with Crippen LogP contribution in [0.15, 0.2) is 29.1 Å². The summed E-state index contributed by atoms with van der Waals surface area (Å²) in [6, 6.07) is 7.72. The van der Waals surface area contributed by atoms with Crippen molar-refractivity contribution < 1.29 is 0 Å². The molecule has 19 heavy (non-hydrogen) atoms. The van der Waals surface area contributed by atoms with Gasteiger partial charge in [-0.15, -0.1) is 10.2 Å². The maximum Gasteiger partial charge on any atom is 0.329 e. The summed E-state index contributed by atoms with van der Waals surface area (Å²) in [6.45, 7) is 2.93. The molecule has 3 aromatic rings. The Labute approximate surface area is 109 Å². The van der Waals surface area contributed by atoms with Crippen LogP contribution in [0.5, 0.6) is 0 Å². The van der Waals surface area contributed by atoms with Gasteiger partial charge >= 0.3 is 5.69 Å². The molecule has 7 nitrogen and oxygen atoms in total. The Morgan fingerprint density at radius 3 is 2.42 bits per heavy atom. The molecule has 0 atom stereocenters. The summed E-state index contributed by atoms with van der Waals surface area (Å²) in [5.41, 5.74) is 1.77. The van der Waals surface area contributed by atoms with E-state index in [0.717, 1.165) is 11.0 Å². The Balaban J connectivity index is 2.18. The monoisotopic (exact) mass is 258 g/mol. The van der Waals surface area contributed by atoms with Gasteiger partial charge in [0.05, 0.1) is 24.6 Å². The Kier molecular flexibility index (Phi) is 2.66. The van der Waals surface area contributed by atoms with Gasteiger partial charge in [0.25, 0.3) is 0 Å². The van der Waals surface area contributed by atoms with Gasteiger partial charge in [0.15, 0.2) is 5.82 Å². The molecule has 0 saturated carbocycles. The van der Waals surface area contributed by atoms with Crippen LogP contribution in [0.2, 0.25) is 0 Å². The van der Waals surface area contributed by atoms with Gasteiger partial charge in [-0.3, -0.25) is 9.13 Å². The maximum atomic E-state index is 12.4. The van der Waals surface area contributed by atoms with E-state index >= 15 is 0 Å². The Morgan fingerprint density at radius 1 is 1.16 bits per heavy atom. The van der Waals surface area contributed by atoms with Gasteiger partial charge in [-0.1, -0.05) is 12.1 Å². The summed E-state index contributed by atoms with van der Waals surface area (Å²) in [5, 5.41) is 11.8. The van der Waals surface area contributed by atoms with Gasteiger partial charge in [-0.25, -0.2) is 4.79 Å². The fraction of sp³-hybridized carbons (Fsp3) is 0.333. The van der Waals surface area contributed by atoms with Gasteiger partial charge in [0.2, 0.25) is 0 Å². The molecular formula is C12H14N6O. The molecule has 0 aliphatic carbocycles. The number of rotatable bonds is 3. The van der Waals surface area contributed by atoms with Crippen LogP contribution in [-0.2, 0) is 20.1 Å². The first-order valence-corrected chi connectivity index (χ1v) is 6.11. The van der Waals surface area contributed by atoms with E-state index in [1.165, 1.54) is 4.80 Å². The summed E-state index contributed by atoms with van der Waals surface area (Å²) in [4.78, 5) is 13.8. The van der Waals surface area contributed by atoms with Crippen LogP contribution in [0, 0.1) is 0 Å². The number of hydrogen-bond acceptors (Lipinski definition) is 4. The molecule has 0 fully saturated rings. The third kappa shape index (κ3) is 1.83. The van der Waals surface area contributed by atoms with Crippen LogP contribution >= 0.6 is 0 Å². The second-order valence-corrected chi connectivity index (χ2v) is 4.30. The SMILES string of the molecule is CCn1c(=O)n(Cc2nnn(C)n2)c2ccccc21. The number of aromatic nitrogens is 6. The Hall–Kier alpha value is -2.44. The van der Waals surface area contributed by atoms with Crippen molar-refractivity contribution in [1.82, 2.24) is 29.3 Å². The summed E-state index contributed by atoms with van der Waals surface area (Å²) < 4.78 is 3.42. The number of nitrogens with zero attached hydrogens (tertiary/aromatic N) is 6. The minimum Gasteiger partial charge on any atom is -0.292 e. The largest absolute Gasteiger partial charge is 0.329 e. The highest BCUT2D eigenvalue weighted by Gasteiger charge is 2.13. The van der Waals surface area contributed by atoms with E-state index in [1.54, 1.807) is 16.2 Å². The number of tetrazole rings is 1. The lowest BCUT2D eigenvalue weighted by molar-refractivity contribution is 0.622. The zero-order chi connectivity index (χ0) is 13.4. The first-order valence-electron chi connectivity index (χ1n) is 6.11. The lowest BCUT2D eigenvalue weighted by Crippen LogP contribution is -2.24. The number of para-hydroxylation sites is 2. The predicted octanol–water partition coefficient (Wildman–Crippen LogP) is 0.395. The third-order valence-electron chi connectivity index (χ3n) is 3.09. The molecule has 0 N–H and O–H groups in total. The van der Waals surface area contributed by atoms with Gasteiger partial charge in [-0.05, 0) is 24.3 Å². The molecular weight excluding hydrogens is 244 g/mol. The summed E-state index contributed by atoms with van der Waals surface area (Å²) in [5.74, 6) is 0.531. The van der Waals surface area contributed by atoms with Gasteiger partial charge in [0.1, 0.15) is 0 Å². The zero-order valence-electron chi connectivity index (χ0n) is 10.8. The molecule has 0 saturated heterocycles. The molecule has 0 unspecified atom stereocenters. The van der Waals surface area contributed by atoms with E-state index < -0.39 is 0 Å². The topological polar surface area (TPSA) is 70.5 Å². The average Bonchev–Trinajstić information content (AvgIpc) is 2.93. The quantitative estimate of drug-likeness (QED) is 0.681. The number of hydrogen-bond donors (Lipinski definition) is 0. The predicted molar refractivity (Wildman–Crippen MR) is 69.8 cm³/mol. The van der Waals surface area contributed by atoms with Gasteiger partial charge in [-0.2, -0.15) is 4.80 Å². The summed E-state index contributed by atoms with van der Waals surface area (Å²) in [6.07, 6.45) is 0. The minimum atomic E-state index is -0.0452. The standard InChI is InChI=1S/C12H14N6O/c1-3-17-9-6-4-5-7-10(9)18(12(17)19)8-11-13-15-16(2)14-11/h4-7H,3,8H2,1-2H3. The van der Waals surface area contributed by atoms with Crippen molar-refractivity contribution in [2.75, 3.05) is 0 Å². The highest BCUT2D eigenvalue weighted by Crippen LogP contribution is 2.13. The molecule has 1 aromatic carbocycles. The summed E-state index contributed by atoms with van der Waals surface area (Å²) in [7, 11) is 1.70. The normalized spacial score (nSPS) is 11.3. The fourth-order valence-corrected chi connectivity index (χ4v) is 2.26. The second kappa shape index (κ2) is 4.34. The van der Waals surface area contributed by atoms with Crippen molar-refractivity contribution in [2.24, 2.45) is 7.05 Å². The molecule has 0 spiro atoms. The van der Waals surface area contributed by atoms with Crippen molar-refractivity contribution in [2.45, 2.75) is 20.0 Å². The zero-order valence-corrected chi connectivity index (χ0v) is 10.8. The average molecular weight is 258 g/mol. The third-order valence-corrected chi connectivity index (χ3v) is 3.09. The van der Waals surface area contributed by atoms with Gasteiger partial charge < -0.3 is 0 Å². The number of benzene rings is 1. The highest BCUT2D eigenvalue weighted by atomic mass is 16.1. The van der Waals surface area contributed by atoms with E-state index in [-0.39, 0.29) is 5.69 Å². The lowest BCUT2D eigenvalue weighted by atomic mass is 10.3. The van der Waals surface area contributed by atoms with E-state index in [9.17, 15) is 4.79 Å². The van der Waals surface area contributed by atoms with Crippen LogP contribution in [0.25, 0.3) is 11.0 Å². The molecule has 0 aliphatic heterocycles. The maximum absolute atomic E-state index is 12.4. The molecule has 2 heterocycles. The lowest BCUT2D eigenvalue weighted by Gasteiger charge is -1.97. The van der Waals surface area contributed by atoms with E-state index in [4.69, 9.17) is 0 Å². The van der Waals surface area contributed by atoms with E-state index in [1.807, 2.05) is 31.2 Å². The number of fused-ring (bicyclic) bond motifs is 1. The minimum absolute atomic E-state index is 0.0452. The van der Waals surface area contributed by atoms with Crippen molar-refractivity contribution in [3.8, 4) is 0 Å². The Morgan fingerprint density at radius 2 is 1.84 bits per heavy atom. The van der Waals surface area contributed by atoms with E-state index in [2.05, 4.69) is 15.4 Å². The van der Waals surface area contributed by atoms with E-state index in [0.29, 0.717) is 18.9 Å². The van der Waals surface area contributed by atoms with Crippen molar-refractivity contribution in [3.05, 3.63) is 40.6 Å². The smallest absolute Gasteiger partial charge is 0.292 e. The summed E-state index contributed by atoms with van der Waals surface area (Å²) >= 11 is 0. The first kappa shape index (κ1) is 11.6. The van der Waals surface area contributed by atoms with Crippen LogP contribution in [0.4, 0.5) is 0 Å². The second-order valence-electron chi connectivity index (χ2n) is 4.30. The molecule has 0 radical (unpaired) electrons. The van der Waals surface area contributed by atoms with Crippen molar-refractivity contribution in [1.29, 1.82) is 0 Å².